The third-order valence-corrected chi connectivity index (χ3v) is 4.06. The number of nitrogens with one attached hydrogen (secondary N) is 1. The van der Waals surface area contributed by atoms with Crippen LogP contribution in [-0.2, 0) is 0 Å². The number of hydrazone groups is 1. The Labute approximate surface area is 167 Å². The highest BCUT2D eigenvalue weighted by Crippen LogP contribution is 2.27. The number of ether oxygens (including phenoxy) is 1. The Morgan fingerprint density at radius 1 is 1.28 bits per heavy atom. The zero-order valence-corrected chi connectivity index (χ0v) is 15.3. The number of aliphatic imine (C=N–C) groups is 1. The van der Waals surface area contributed by atoms with Gasteiger partial charge >= 0.3 is 6.36 Å². The highest BCUT2D eigenvalue weighted by atomic mass is 35.5. The van der Waals surface area contributed by atoms with Crippen molar-refractivity contribution in [2.75, 3.05) is 6.54 Å². The molecule has 0 spiro atoms. The molecule has 1 aliphatic rings. The van der Waals surface area contributed by atoms with Gasteiger partial charge in [-0.3, -0.25) is 5.32 Å². The van der Waals surface area contributed by atoms with E-state index in [-0.39, 0.29) is 16.7 Å². The van der Waals surface area contributed by atoms with Gasteiger partial charge in [0, 0.05) is 18.1 Å². The number of hydrogen-bond acceptors (Lipinski definition) is 4. The summed E-state index contributed by atoms with van der Waals surface area (Å²) in [6.45, 7) is 0.325. The number of nitriles is 1. The van der Waals surface area contributed by atoms with Gasteiger partial charge in [-0.05, 0) is 24.3 Å². The summed E-state index contributed by atoms with van der Waals surface area (Å²) in [6.07, 6.45) is -2.69. The Morgan fingerprint density at radius 3 is 2.76 bits per heavy atom. The van der Waals surface area contributed by atoms with Gasteiger partial charge in [0.05, 0.1) is 23.0 Å². The van der Waals surface area contributed by atoms with Crippen LogP contribution in [0.1, 0.15) is 12.0 Å². The number of halogens is 5. The molecule has 29 heavy (non-hydrogen) atoms. The zero-order valence-electron chi connectivity index (χ0n) is 14.5. The molecule has 1 aliphatic heterocycles. The topological polar surface area (TPSA) is 73.0 Å². The van der Waals surface area contributed by atoms with Crippen LogP contribution in [0.2, 0.25) is 5.02 Å². The number of guanidine groups is 1. The van der Waals surface area contributed by atoms with Crippen molar-refractivity contribution in [3.05, 3.63) is 58.9 Å². The van der Waals surface area contributed by atoms with Crippen LogP contribution in [0.5, 0.6) is 5.75 Å². The lowest BCUT2D eigenvalue weighted by atomic mass is 10.1. The van der Waals surface area contributed by atoms with Crippen molar-refractivity contribution in [2.24, 2.45) is 10.1 Å². The van der Waals surface area contributed by atoms with E-state index in [2.05, 4.69) is 20.1 Å². The number of benzene rings is 2. The maximum absolute atomic E-state index is 13.7. The molecule has 2 aromatic rings. The Balaban J connectivity index is 1.86. The van der Waals surface area contributed by atoms with Gasteiger partial charge in [0.2, 0.25) is 5.96 Å². The van der Waals surface area contributed by atoms with Crippen LogP contribution in [0, 0.1) is 17.3 Å². The molecule has 0 atom stereocenters. The van der Waals surface area contributed by atoms with Gasteiger partial charge in [-0.1, -0.05) is 23.7 Å². The third-order valence-electron chi connectivity index (χ3n) is 3.75. The monoisotopic (exact) mass is 425 g/mol. The van der Waals surface area contributed by atoms with Crippen LogP contribution < -0.4 is 10.1 Å². The molecular formula is C18H12ClF4N5O. The van der Waals surface area contributed by atoms with Crippen LogP contribution >= 0.6 is 11.6 Å². The molecule has 0 saturated heterocycles. The molecule has 1 heterocycles. The van der Waals surface area contributed by atoms with Gasteiger partial charge in [-0.15, -0.1) is 13.2 Å². The van der Waals surface area contributed by atoms with Crippen LogP contribution in [0.4, 0.5) is 23.2 Å². The lowest BCUT2D eigenvalue weighted by Gasteiger charge is -2.14. The second kappa shape index (κ2) is 8.36. The first-order valence-corrected chi connectivity index (χ1v) is 8.53. The molecule has 0 bridgehead atoms. The molecule has 0 radical (unpaired) electrons. The van der Waals surface area contributed by atoms with E-state index in [1.54, 1.807) is 12.3 Å². The van der Waals surface area contributed by atoms with Gasteiger partial charge < -0.3 is 4.74 Å². The molecule has 0 aromatic heterocycles. The van der Waals surface area contributed by atoms with Crippen molar-refractivity contribution in [1.29, 1.82) is 5.26 Å². The predicted octanol–water partition coefficient (Wildman–Crippen LogP) is 4.55. The summed E-state index contributed by atoms with van der Waals surface area (Å²) < 4.78 is 54.7. The summed E-state index contributed by atoms with van der Waals surface area (Å²) in [5, 5.41) is 17.0. The van der Waals surface area contributed by atoms with Crippen molar-refractivity contribution >= 4 is 29.0 Å². The molecule has 1 N–H and O–H groups in total. The van der Waals surface area contributed by atoms with E-state index in [4.69, 9.17) is 16.9 Å². The lowest BCUT2D eigenvalue weighted by Crippen LogP contribution is -2.34. The van der Waals surface area contributed by atoms with Crippen LogP contribution in [0.25, 0.3) is 0 Å². The first kappa shape index (κ1) is 20.4. The largest absolute Gasteiger partial charge is 0.573 e. The van der Waals surface area contributed by atoms with Gasteiger partial charge in [0.1, 0.15) is 11.6 Å². The molecule has 0 fully saturated rings. The molecule has 11 heteroatoms. The molecule has 0 unspecified atom stereocenters. The minimum absolute atomic E-state index is 0.00101. The van der Waals surface area contributed by atoms with Crippen molar-refractivity contribution in [1.82, 2.24) is 10.3 Å². The minimum atomic E-state index is -4.84. The number of alkyl halides is 3. The summed E-state index contributed by atoms with van der Waals surface area (Å²) >= 11 is 5.68. The van der Waals surface area contributed by atoms with E-state index < -0.39 is 17.9 Å². The summed E-state index contributed by atoms with van der Waals surface area (Å²) in [5.41, 5.74) is 1.18. The van der Waals surface area contributed by atoms with Crippen LogP contribution in [0.3, 0.4) is 0 Å². The highest BCUT2D eigenvalue weighted by molar-refractivity contribution is 6.30. The maximum atomic E-state index is 13.7. The molecule has 150 valence electrons. The van der Waals surface area contributed by atoms with Crippen molar-refractivity contribution in [2.45, 2.75) is 12.8 Å². The van der Waals surface area contributed by atoms with Gasteiger partial charge in [0.25, 0.3) is 0 Å². The van der Waals surface area contributed by atoms with E-state index in [9.17, 15) is 17.6 Å². The van der Waals surface area contributed by atoms with Crippen molar-refractivity contribution < 1.29 is 22.3 Å². The third kappa shape index (κ3) is 5.36. The summed E-state index contributed by atoms with van der Waals surface area (Å²) in [5.74, 6) is -1.03. The first-order valence-electron chi connectivity index (χ1n) is 8.15. The smallest absolute Gasteiger partial charge is 0.406 e. The van der Waals surface area contributed by atoms with E-state index >= 15 is 0 Å². The molecular weight excluding hydrogens is 414 g/mol. The van der Waals surface area contributed by atoms with E-state index in [1.165, 1.54) is 29.3 Å². The molecule has 2 aromatic carbocycles. The Morgan fingerprint density at radius 2 is 2.07 bits per heavy atom. The van der Waals surface area contributed by atoms with E-state index in [0.717, 1.165) is 12.1 Å². The van der Waals surface area contributed by atoms with Gasteiger partial charge in [0.15, 0.2) is 6.19 Å². The summed E-state index contributed by atoms with van der Waals surface area (Å²) in [4.78, 5) is 4.14. The SMILES string of the molecule is N#CNC(=Nc1cccc(OC(F)(F)F)c1)N1CCC(c2ccc(Cl)c(F)c2)=N1. The van der Waals surface area contributed by atoms with E-state index in [0.29, 0.717) is 24.2 Å². The quantitative estimate of drug-likeness (QED) is 0.257. The summed E-state index contributed by atoms with van der Waals surface area (Å²) in [6, 6.07) is 9.24. The standard InChI is InChI=1S/C18H12ClF4N5O/c19-14-5-4-11(8-15(14)20)16-6-7-28(27-16)17(25-10-24)26-12-2-1-3-13(9-12)29-18(21,22)23/h1-5,8-9H,6-7H2,(H,25,26). The average molecular weight is 426 g/mol. The first-order chi connectivity index (χ1) is 13.7. The highest BCUT2D eigenvalue weighted by Gasteiger charge is 2.31. The lowest BCUT2D eigenvalue weighted by molar-refractivity contribution is -0.274. The Hall–Kier alpha value is -3.32. The number of hydrogen-bond donors (Lipinski definition) is 1. The predicted molar refractivity (Wildman–Crippen MR) is 98.2 cm³/mol. The molecule has 0 amide bonds. The second-order valence-electron chi connectivity index (χ2n) is 5.77. The normalized spacial score (nSPS) is 14.4. The Bertz CT molecular complexity index is 1020. The van der Waals surface area contributed by atoms with E-state index in [1.807, 2.05) is 0 Å². The van der Waals surface area contributed by atoms with Crippen LogP contribution in [0.15, 0.2) is 52.6 Å². The summed E-state index contributed by atoms with van der Waals surface area (Å²) in [7, 11) is 0. The fraction of sp³-hybridized carbons (Fsp3) is 0.167. The number of nitrogens with zero attached hydrogens (tertiary/aromatic N) is 4. The van der Waals surface area contributed by atoms with Gasteiger partial charge in [-0.25, -0.2) is 14.4 Å². The number of rotatable bonds is 3. The van der Waals surface area contributed by atoms with Gasteiger partial charge in [-0.2, -0.15) is 10.4 Å². The fourth-order valence-electron chi connectivity index (χ4n) is 2.56. The fourth-order valence-corrected chi connectivity index (χ4v) is 2.68. The average Bonchev–Trinajstić information content (AvgIpc) is 3.13. The van der Waals surface area contributed by atoms with Crippen molar-refractivity contribution in [3.8, 4) is 11.9 Å². The van der Waals surface area contributed by atoms with Crippen molar-refractivity contribution in [3.63, 3.8) is 0 Å². The maximum Gasteiger partial charge on any atom is 0.573 e. The zero-order chi connectivity index (χ0) is 21.0. The molecule has 3 rings (SSSR count). The Kier molecular flexibility index (Phi) is 5.89. The molecule has 0 saturated carbocycles. The molecule has 0 aliphatic carbocycles. The second-order valence-corrected chi connectivity index (χ2v) is 6.17. The molecule has 6 nitrogen and oxygen atoms in total. The van der Waals surface area contributed by atoms with Crippen LogP contribution in [-0.4, -0.2) is 29.6 Å². The minimum Gasteiger partial charge on any atom is -0.406 e.